The van der Waals surface area contributed by atoms with Crippen LogP contribution in [0.1, 0.15) is 31.1 Å². The van der Waals surface area contributed by atoms with E-state index in [0.29, 0.717) is 29.5 Å². The minimum absolute atomic E-state index is 0.00700. The summed E-state index contributed by atoms with van der Waals surface area (Å²) in [6, 6.07) is 10.6. The number of para-hydroxylation sites is 1. The summed E-state index contributed by atoms with van der Waals surface area (Å²) < 4.78 is 10.8. The number of benzene rings is 1. The maximum atomic E-state index is 12.5. The van der Waals surface area contributed by atoms with Gasteiger partial charge < -0.3 is 19.2 Å². The molecule has 0 aliphatic carbocycles. The van der Waals surface area contributed by atoms with E-state index in [1.54, 1.807) is 29.2 Å². The average molecular weight is 350 g/mol. The Morgan fingerprint density at radius 3 is 2.96 bits per heavy atom. The fourth-order valence-electron chi connectivity index (χ4n) is 3.05. The number of furan rings is 1. The Morgan fingerprint density at radius 2 is 2.21 bits per heavy atom. The molecule has 1 aromatic carbocycles. The van der Waals surface area contributed by atoms with Crippen molar-refractivity contribution >= 4 is 17.5 Å². The van der Waals surface area contributed by atoms with Crippen LogP contribution in [-0.4, -0.2) is 35.1 Å². The van der Waals surface area contributed by atoms with Crippen molar-refractivity contribution in [3.63, 3.8) is 0 Å². The van der Waals surface area contributed by atoms with Crippen LogP contribution in [0.5, 0.6) is 5.75 Å². The van der Waals surface area contributed by atoms with Crippen molar-refractivity contribution < 1.29 is 19.1 Å². The largest absolute Gasteiger partial charge is 0.482 e. The molecule has 6 heteroatoms. The van der Waals surface area contributed by atoms with E-state index in [2.05, 4.69) is 0 Å². The summed E-state index contributed by atoms with van der Waals surface area (Å²) in [7, 11) is 0. The SMILES string of the molecule is O=C(COc1ccccc1Cl)N1CCCC1CC(O)c1ccco1. The molecule has 1 aromatic heterocycles. The third-order valence-electron chi connectivity index (χ3n) is 4.25. The van der Waals surface area contributed by atoms with Crippen molar-refractivity contribution in [2.45, 2.75) is 31.4 Å². The first-order valence-corrected chi connectivity index (χ1v) is 8.41. The van der Waals surface area contributed by atoms with E-state index in [-0.39, 0.29) is 18.6 Å². The van der Waals surface area contributed by atoms with Crippen LogP contribution in [0.4, 0.5) is 0 Å². The predicted octanol–water partition coefficient (Wildman–Crippen LogP) is 3.43. The van der Waals surface area contributed by atoms with Gasteiger partial charge in [-0.15, -0.1) is 0 Å². The standard InChI is InChI=1S/C18H20ClNO4/c19-14-6-1-2-7-16(14)24-12-18(22)20-9-3-5-13(20)11-15(21)17-8-4-10-23-17/h1-2,4,6-8,10,13,15,21H,3,5,9,11-12H2. The van der Waals surface area contributed by atoms with Gasteiger partial charge in [-0.2, -0.15) is 0 Å². The molecule has 0 radical (unpaired) electrons. The summed E-state index contributed by atoms with van der Waals surface area (Å²) in [5.41, 5.74) is 0. The number of halogens is 1. The van der Waals surface area contributed by atoms with Gasteiger partial charge in [0.2, 0.25) is 0 Å². The highest BCUT2D eigenvalue weighted by Crippen LogP contribution is 2.28. The van der Waals surface area contributed by atoms with Crippen LogP contribution in [0.2, 0.25) is 5.02 Å². The van der Waals surface area contributed by atoms with Gasteiger partial charge in [0.25, 0.3) is 5.91 Å². The molecule has 24 heavy (non-hydrogen) atoms. The van der Waals surface area contributed by atoms with Crippen molar-refractivity contribution in [2.75, 3.05) is 13.2 Å². The molecule has 0 spiro atoms. The van der Waals surface area contributed by atoms with E-state index >= 15 is 0 Å². The van der Waals surface area contributed by atoms with Crippen LogP contribution >= 0.6 is 11.6 Å². The number of hydrogen-bond acceptors (Lipinski definition) is 4. The molecule has 1 aliphatic rings. The lowest BCUT2D eigenvalue weighted by Crippen LogP contribution is -2.39. The van der Waals surface area contributed by atoms with E-state index in [1.807, 2.05) is 12.1 Å². The third kappa shape index (κ3) is 3.91. The Bertz CT molecular complexity index is 673. The van der Waals surface area contributed by atoms with E-state index < -0.39 is 6.10 Å². The normalized spacial score (nSPS) is 18.6. The zero-order valence-electron chi connectivity index (χ0n) is 13.2. The number of rotatable bonds is 6. The molecule has 128 valence electrons. The van der Waals surface area contributed by atoms with Crippen LogP contribution in [0, 0.1) is 0 Å². The van der Waals surface area contributed by atoms with Crippen molar-refractivity contribution in [3.8, 4) is 5.75 Å². The Kier molecular flexibility index (Phi) is 5.43. The van der Waals surface area contributed by atoms with Gasteiger partial charge in [-0.1, -0.05) is 23.7 Å². The summed E-state index contributed by atoms with van der Waals surface area (Å²) in [5, 5.41) is 10.7. The lowest BCUT2D eigenvalue weighted by molar-refractivity contribution is -0.134. The molecule has 1 aliphatic heterocycles. The van der Waals surface area contributed by atoms with Crippen LogP contribution in [0.3, 0.4) is 0 Å². The first-order chi connectivity index (χ1) is 11.6. The number of aliphatic hydroxyl groups excluding tert-OH is 1. The molecule has 0 saturated carbocycles. The minimum Gasteiger partial charge on any atom is -0.482 e. The molecule has 5 nitrogen and oxygen atoms in total. The molecular formula is C18H20ClNO4. The van der Waals surface area contributed by atoms with Crippen LogP contribution < -0.4 is 4.74 Å². The molecule has 1 N–H and O–H groups in total. The van der Waals surface area contributed by atoms with Gasteiger partial charge in [0.05, 0.1) is 11.3 Å². The van der Waals surface area contributed by atoms with Gasteiger partial charge in [0, 0.05) is 19.0 Å². The lowest BCUT2D eigenvalue weighted by atomic mass is 10.1. The minimum atomic E-state index is -0.706. The Hall–Kier alpha value is -1.98. The summed E-state index contributed by atoms with van der Waals surface area (Å²) >= 11 is 6.03. The number of likely N-dealkylation sites (tertiary alicyclic amines) is 1. The molecule has 1 amide bonds. The van der Waals surface area contributed by atoms with Crippen LogP contribution in [0.25, 0.3) is 0 Å². The predicted molar refractivity (Wildman–Crippen MR) is 90.0 cm³/mol. The summed E-state index contributed by atoms with van der Waals surface area (Å²) in [6.45, 7) is 0.622. The van der Waals surface area contributed by atoms with Gasteiger partial charge in [-0.25, -0.2) is 0 Å². The van der Waals surface area contributed by atoms with E-state index in [1.165, 1.54) is 6.26 Å². The molecule has 2 unspecified atom stereocenters. The number of carbonyl (C=O) groups excluding carboxylic acids is 1. The van der Waals surface area contributed by atoms with Crippen molar-refractivity contribution in [3.05, 3.63) is 53.4 Å². The topological polar surface area (TPSA) is 62.9 Å². The second kappa shape index (κ2) is 7.73. The Labute approximate surface area is 145 Å². The number of amides is 1. The van der Waals surface area contributed by atoms with Crippen molar-refractivity contribution in [2.24, 2.45) is 0 Å². The molecular weight excluding hydrogens is 330 g/mol. The molecule has 1 fully saturated rings. The maximum absolute atomic E-state index is 12.5. The average Bonchev–Trinajstić information content (AvgIpc) is 3.25. The van der Waals surface area contributed by atoms with Crippen molar-refractivity contribution in [1.29, 1.82) is 0 Å². The van der Waals surface area contributed by atoms with Crippen molar-refractivity contribution in [1.82, 2.24) is 4.90 Å². The molecule has 1 saturated heterocycles. The zero-order chi connectivity index (χ0) is 16.9. The van der Waals surface area contributed by atoms with E-state index in [4.69, 9.17) is 20.8 Å². The first-order valence-electron chi connectivity index (χ1n) is 8.03. The first kappa shape index (κ1) is 16.9. The molecule has 0 bridgehead atoms. The molecule has 2 aromatic rings. The van der Waals surface area contributed by atoms with E-state index in [0.717, 1.165) is 12.8 Å². The molecule has 2 heterocycles. The molecule has 2 atom stereocenters. The van der Waals surface area contributed by atoms with E-state index in [9.17, 15) is 9.90 Å². The summed E-state index contributed by atoms with van der Waals surface area (Å²) in [5.74, 6) is 0.935. The van der Waals surface area contributed by atoms with Gasteiger partial charge >= 0.3 is 0 Å². The van der Waals surface area contributed by atoms with Crippen LogP contribution in [-0.2, 0) is 4.79 Å². The number of carbonyl (C=O) groups is 1. The zero-order valence-corrected chi connectivity index (χ0v) is 14.0. The second-order valence-corrected chi connectivity index (χ2v) is 6.28. The highest BCUT2D eigenvalue weighted by molar-refractivity contribution is 6.32. The van der Waals surface area contributed by atoms with Gasteiger partial charge in [0.1, 0.15) is 17.6 Å². The number of aliphatic hydroxyl groups is 1. The maximum Gasteiger partial charge on any atom is 0.260 e. The monoisotopic (exact) mass is 349 g/mol. The fraction of sp³-hybridized carbons (Fsp3) is 0.389. The highest BCUT2D eigenvalue weighted by atomic mass is 35.5. The smallest absolute Gasteiger partial charge is 0.260 e. The van der Waals surface area contributed by atoms with Gasteiger partial charge in [-0.3, -0.25) is 4.79 Å². The summed E-state index contributed by atoms with van der Waals surface area (Å²) in [6.07, 6.45) is 3.09. The molecule has 3 rings (SSSR count). The Morgan fingerprint density at radius 1 is 1.38 bits per heavy atom. The second-order valence-electron chi connectivity index (χ2n) is 5.87. The highest BCUT2D eigenvalue weighted by Gasteiger charge is 2.31. The lowest BCUT2D eigenvalue weighted by Gasteiger charge is -2.26. The number of hydrogen-bond donors (Lipinski definition) is 1. The number of ether oxygens (including phenoxy) is 1. The van der Waals surface area contributed by atoms with Gasteiger partial charge in [-0.05, 0) is 37.1 Å². The Balaban J connectivity index is 1.56. The number of nitrogens with zero attached hydrogens (tertiary/aromatic N) is 1. The van der Waals surface area contributed by atoms with Gasteiger partial charge in [0.15, 0.2) is 6.61 Å². The van der Waals surface area contributed by atoms with Crippen LogP contribution in [0.15, 0.2) is 47.1 Å². The summed E-state index contributed by atoms with van der Waals surface area (Å²) in [4.78, 5) is 14.2. The quantitative estimate of drug-likeness (QED) is 0.867. The fourth-order valence-corrected chi connectivity index (χ4v) is 3.24. The third-order valence-corrected chi connectivity index (χ3v) is 4.56.